The van der Waals surface area contributed by atoms with Crippen LogP contribution in [0, 0.1) is 15.5 Å². The minimum atomic E-state index is -0.915. The molecule has 0 saturated carbocycles. The summed E-state index contributed by atoms with van der Waals surface area (Å²) in [5.74, 6) is -0.194. The van der Waals surface area contributed by atoms with E-state index in [1.54, 1.807) is 6.07 Å². The molecule has 1 unspecified atom stereocenters. The van der Waals surface area contributed by atoms with E-state index in [0.29, 0.717) is 19.6 Å². The highest BCUT2D eigenvalue weighted by atomic mass is 16.6. The van der Waals surface area contributed by atoms with Gasteiger partial charge in [-0.3, -0.25) is 0 Å². The first-order valence-corrected chi connectivity index (χ1v) is 7.05. The van der Waals surface area contributed by atoms with Gasteiger partial charge in [-0.15, -0.1) is 0 Å². The maximum atomic E-state index is 11.4. The fourth-order valence-corrected chi connectivity index (χ4v) is 2.66. The van der Waals surface area contributed by atoms with Gasteiger partial charge in [0.25, 0.3) is 0 Å². The molecular weight excluding hydrogens is 288 g/mol. The minimum absolute atomic E-state index is 0.158. The molecule has 8 nitrogen and oxygen atoms in total. The van der Waals surface area contributed by atoms with Gasteiger partial charge in [0.05, 0.1) is 11.7 Å². The van der Waals surface area contributed by atoms with Crippen molar-refractivity contribution in [2.24, 2.45) is 5.41 Å². The van der Waals surface area contributed by atoms with E-state index in [1.807, 2.05) is 25.7 Å². The smallest absolute Gasteiger partial charge is 0.407 e. The van der Waals surface area contributed by atoms with Gasteiger partial charge in [0, 0.05) is 25.7 Å². The number of rotatable bonds is 2. The molecule has 22 heavy (non-hydrogen) atoms. The quantitative estimate of drug-likeness (QED) is 0.664. The maximum Gasteiger partial charge on any atom is 0.407 e. The Labute approximate surface area is 128 Å². The second-order valence-corrected chi connectivity index (χ2v) is 6.44. The molecule has 1 aliphatic rings. The highest BCUT2D eigenvalue weighted by molar-refractivity contribution is 5.66. The van der Waals surface area contributed by atoms with Crippen LogP contribution in [0.4, 0.5) is 16.3 Å². The second-order valence-electron chi connectivity index (χ2n) is 6.44. The zero-order chi connectivity index (χ0) is 16.5. The molecule has 1 atom stereocenters. The minimum Gasteiger partial charge on any atom is -0.465 e. The highest BCUT2D eigenvalue weighted by Crippen LogP contribution is 2.30. The van der Waals surface area contributed by atoms with Gasteiger partial charge >= 0.3 is 11.9 Å². The Hall–Kier alpha value is -2.38. The van der Waals surface area contributed by atoms with E-state index >= 15 is 0 Å². The molecule has 0 aliphatic carbocycles. The molecule has 1 N–H and O–H groups in total. The molecule has 0 bridgehead atoms. The molecule has 8 heteroatoms. The third-order valence-electron chi connectivity index (χ3n) is 3.91. The molecule has 1 fully saturated rings. The lowest BCUT2D eigenvalue weighted by atomic mass is 9.84. The van der Waals surface area contributed by atoms with E-state index in [0.717, 1.165) is 5.69 Å². The Bertz CT molecular complexity index is 567. The third-order valence-corrected chi connectivity index (χ3v) is 3.91. The number of aromatic nitrogens is 1. The normalized spacial score (nSPS) is 19.1. The number of carboxylic acid groups (broad SMARTS) is 1. The highest BCUT2D eigenvalue weighted by Gasteiger charge is 2.38. The number of anilines is 1. The van der Waals surface area contributed by atoms with Gasteiger partial charge in [0.15, 0.2) is 6.20 Å². The van der Waals surface area contributed by atoms with Crippen molar-refractivity contribution in [3.63, 3.8) is 0 Å². The Kier molecular flexibility index (Phi) is 4.20. The topological polar surface area (TPSA) is 99.8 Å². The monoisotopic (exact) mass is 308 g/mol. The average molecular weight is 308 g/mol. The standard InChI is InChI=1S/C14H20N4O4/c1-14(2,3)11-9-16(6-7-17(11)13(19)20)10-4-5-12(15-8-10)18(21)22/h4-5,8,11H,6-7,9H2,1-3H3,(H,19,20). The van der Waals surface area contributed by atoms with E-state index in [9.17, 15) is 20.0 Å². The Morgan fingerprint density at radius 1 is 1.41 bits per heavy atom. The summed E-state index contributed by atoms with van der Waals surface area (Å²) in [6, 6.07) is 2.86. The number of nitro groups is 1. The lowest BCUT2D eigenvalue weighted by Gasteiger charge is -2.46. The van der Waals surface area contributed by atoms with Crippen LogP contribution >= 0.6 is 0 Å². The number of nitrogens with zero attached hydrogens (tertiary/aromatic N) is 4. The lowest BCUT2D eigenvalue weighted by molar-refractivity contribution is -0.389. The Morgan fingerprint density at radius 3 is 2.55 bits per heavy atom. The van der Waals surface area contributed by atoms with Crippen LogP contribution in [0.2, 0.25) is 0 Å². The van der Waals surface area contributed by atoms with Gasteiger partial charge in [0.2, 0.25) is 0 Å². The lowest BCUT2D eigenvalue weighted by Crippen LogP contribution is -2.59. The van der Waals surface area contributed by atoms with Crippen molar-refractivity contribution in [2.45, 2.75) is 26.8 Å². The summed E-state index contributed by atoms with van der Waals surface area (Å²) < 4.78 is 0. The molecule has 1 aliphatic heterocycles. The summed E-state index contributed by atoms with van der Waals surface area (Å²) >= 11 is 0. The van der Waals surface area contributed by atoms with Crippen molar-refractivity contribution in [3.8, 4) is 0 Å². The number of amides is 1. The zero-order valence-electron chi connectivity index (χ0n) is 12.9. The summed E-state index contributed by atoms with van der Waals surface area (Å²) in [4.78, 5) is 28.8. The molecule has 0 aromatic carbocycles. The predicted octanol–water partition coefficient (Wildman–Crippen LogP) is 2.20. The first-order chi connectivity index (χ1) is 10.2. The number of pyridine rings is 1. The van der Waals surface area contributed by atoms with Gasteiger partial charge in [-0.2, -0.15) is 0 Å². The summed E-state index contributed by atoms with van der Waals surface area (Å²) in [6.07, 6.45) is 0.551. The van der Waals surface area contributed by atoms with Crippen molar-refractivity contribution in [2.75, 3.05) is 24.5 Å². The average Bonchev–Trinajstić information content (AvgIpc) is 2.45. The first kappa shape index (κ1) is 16.0. The Balaban J connectivity index is 2.20. The molecular formula is C14H20N4O4. The van der Waals surface area contributed by atoms with Gasteiger partial charge in [-0.25, -0.2) is 4.79 Å². The maximum absolute atomic E-state index is 11.4. The van der Waals surface area contributed by atoms with E-state index < -0.39 is 11.0 Å². The Morgan fingerprint density at radius 2 is 2.09 bits per heavy atom. The summed E-state index contributed by atoms with van der Waals surface area (Å²) in [6.45, 7) is 7.49. The van der Waals surface area contributed by atoms with Crippen molar-refractivity contribution < 1.29 is 14.8 Å². The van der Waals surface area contributed by atoms with Crippen LogP contribution in [0.5, 0.6) is 0 Å². The van der Waals surface area contributed by atoms with Crippen LogP contribution in [0.15, 0.2) is 18.3 Å². The van der Waals surface area contributed by atoms with Crippen LogP contribution in [0.25, 0.3) is 0 Å². The van der Waals surface area contributed by atoms with Crippen LogP contribution < -0.4 is 4.90 Å². The van der Waals surface area contributed by atoms with E-state index in [-0.39, 0.29) is 17.3 Å². The van der Waals surface area contributed by atoms with Crippen LogP contribution in [-0.2, 0) is 0 Å². The number of hydrogen-bond acceptors (Lipinski definition) is 5. The molecule has 2 rings (SSSR count). The van der Waals surface area contributed by atoms with Gasteiger partial charge in [-0.05, 0) is 21.4 Å². The van der Waals surface area contributed by atoms with Crippen molar-refractivity contribution in [1.29, 1.82) is 0 Å². The van der Waals surface area contributed by atoms with Crippen LogP contribution in [0.1, 0.15) is 20.8 Å². The SMILES string of the molecule is CC(C)(C)C1CN(c2ccc([N+](=O)[O-])nc2)CCN1C(=O)O. The molecule has 2 heterocycles. The van der Waals surface area contributed by atoms with Gasteiger partial charge in [0.1, 0.15) is 0 Å². The van der Waals surface area contributed by atoms with Crippen molar-refractivity contribution in [1.82, 2.24) is 9.88 Å². The predicted molar refractivity (Wildman–Crippen MR) is 81.1 cm³/mol. The van der Waals surface area contributed by atoms with E-state index in [4.69, 9.17) is 0 Å². The molecule has 0 spiro atoms. The summed E-state index contributed by atoms with van der Waals surface area (Å²) in [7, 11) is 0. The fraction of sp³-hybridized carbons (Fsp3) is 0.571. The molecule has 120 valence electrons. The molecule has 1 aromatic rings. The molecule has 1 aromatic heterocycles. The molecule has 1 amide bonds. The summed E-state index contributed by atoms with van der Waals surface area (Å²) in [5, 5.41) is 20.0. The van der Waals surface area contributed by atoms with Crippen LogP contribution in [0.3, 0.4) is 0 Å². The third kappa shape index (κ3) is 3.26. The second kappa shape index (κ2) is 5.78. The zero-order valence-corrected chi connectivity index (χ0v) is 12.9. The number of carbonyl (C=O) groups is 1. The number of hydrogen-bond donors (Lipinski definition) is 1. The van der Waals surface area contributed by atoms with E-state index in [1.165, 1.54) is 17.2 Å². The van der Waals surface area contributed by atoms with Crippen molar-refractivity contribution in [3.05, 3.63) is 28.4 Å². The molecule has 1 saturated heterocycles. The van der Waals surface area contributed by atoms with E-state index in [2.05, 4.69) is 4.98 Å². The first-order valence-electron chi connectivity index (χ1n) is 7.05. The molecule has 0 radical (unpaired) electrons. The number of piperazine rings is 1. The fourth-order valence-electron chi connectivity index (χ4n) is 2.66. The van der Waals surface area contributed by atoms with Crippen LogP contribution in [-0.4, -0.2) is 51.7 Å². The largest absolute Gasteiger partial charge is 0.465 e. The van der Waals surface area contributed by atoms with Gasteiger partial charge in [-0.1, -0.05) is 20.8 Å². The van der Waals surface area contributed by atoms with Gasteiger partial charge < -0.3 is 25.0 Å². The summed E-state index contributed by atoms with van der Waals surface area (Å²) in [5.41, 5.74) is 0.565. The van der Waals surface area contributed by atoms with Crippen molar-refractivity contribution >= 4 is 17.6 Å².